The van der Waals surface area contributed by atoms with E-state index in [1.165, 1.54) is 29.2 Å². The number of amides is 2. The molecular weight excluding hydrogens is 398 g/mol. The van der Waals surface area contributed by atoms with E-state index in [4.69, 9.17) is 9.78 Å². The van der Waals surface area contributed by atoms with Gasteiger partial charge < -0.3 is 15.2 Å². The summed E-state index contributed by atoms with van der Waals surface area (Å²) in [5.74, 6) is -0.141. The summed E-state index contributed by atoms with van der Waals surface area (Å²) >= 11 is 2.65. The van der Waals surface area contributed by atoms with Crippen LogP contribution in [0.15, 0.2) is 45.1 Å². The van der Waals surface area contributed by atoms with E-state index in [1.54, 1.807) is 0 Å². The van der Waals surface area contributed by atoms with Crippen molar-refractivity contribution < 1.29 is 14.1 Å². The molecule has 28 heavy (non-hydrogen) atoms. The van der Waals surface area contributed by atoms with Crippen LogP contribution in [-0.4, -0.2) is 34.3 Å². The van der Waals surface area contributed by atoms with Gasteiger partial charge in [-0.1, -0.05) is 58.6 Å². The van der Waals surface area contributed by atoms with Gasteiger partial charge >= 0.3 is 0 Å². The fourth-order valence-electron chi connectivity index (χ4n) is 2.20. The van der Waals surface area contributed by atoms with E-state index < -0.39 is 11.8 Å². The van der Waals surface area contributed by atoms with E-state index in [0.717, 1.165) is 15.5 Å². The highest BCUT2D eigenvalue weighted by Gasteiger charge is 2.16. The molecule has 2 heterocycles. The monoisotopic (exact) mass is 413 g/mol. The molecule has 0 atom stereocenters. The van der Waals surface area contributed by atoms with Gasteiger partial charge in [0.1, 0.15) is 0 Å². The fourth-order valence-corrected chi connectivity index (χ4v) is 4.02. The third-order valence-electron chi connectivity index (χ3n) is 3.48. The fraction of sp³-hybridized carbons (Fsp3) is 0.167. The van der Waals surface area contributed by atoms with E-state index in [0.29, 0.717) is 16.6 Å². The number of nitrogens with one attached hydrogen (secondary N) is 2. The number of aromatic nitrogens is 2. The molecule has 0 unspecified atom stereocenters. The van der Waals surface area contributed by atoms with Gasteiger partial charge in [0, 0.05) is 11.6 Å². The zero-order chi connectivity index (χ0) is 19.9. The van der Waals surface area contributed by atoms with Gasteiger partial charge in [0.05, 0.1) is 28.3 Å². The molecule has 0 saturated heterocycles. The highest BCUT2D eigenvalue weighted by molar-refractivity contribution is 8.01. The molecule has 142 valence electrons. The molecule has 0 fully saturated rings. The molecule has 10 heteroatoms. The van der Waals surface area contributed by atoms with E-state index in [9.17, 15) is 9.59 Å². The topological polar surface area (TPSA) is 121 Å². The van der Waals surface area contributed by atoms with Gasteiger partial charge in [-0.2, -0.15) is 5.26 Å². The van der Waals surface area contributed by atoms with Crippen LogP contribution in [0.2, 0.25) is 0 Å². The molecule has 0 aliphatic heterocycles. The molecule has 1 aromatic carbocycles. The lowest BCUT2D eigenvalue weighted by Crippen LogP contribution is -2.33. The van der Waals surface area contributed by atoms with Gasteiger partial charge in [-0.3, -0.25) is 9.59 Å². The predicted octanol–water partition coefficient (Wildman–Crippen LogP) is 3.09. The van der Waals surface area contributed by atoms with Crippen LogP contribution in [0.1, 0.15) is 16.2 Å². The van der Waals surface area contributed by atoms with Crippen molar-refractivity contribution in [3.63, 3.8) is 0 Å². The molecular formula is C18H15N5O3S2. The number of anilines is 1. The Kier molecular flexibility index (Phi) is 6.41. The first-order valence-corrected chi connectivity index (χ1v) is 9.94. The van der Waals surface area contributed by atoms with Crippen molar-refractivity contribution in [2.75, 3.05) is 17.6 Å². The molecule has 3 rings (SSSR count). The van der Waals surface area contributed by atoms with Gasteiger partial charge in [-0.25, -0.2) is 4.98 Å². The molecule has 0 spiro atoms. The first-order chi connectivity index (χ1) is 13.6. The number of benzene rings is 1. The van der Waals surface area contributed by atoms with Crippen molar-refractivity contribution in [1.29, 1.82) is 5.26 Å². The van der Waals surface area contributed by atoms with Crippen LogP contribution in [0.25, 0.3) is 11.3 Å². The Morgan fingerprint density at radius 3 is 2.86 bits per heavy atom. The molecule has 3 aromatic rings. The Balaban J connectivity index is 1.53. The summed E-state index contributed by atoms with van der Waals surface area (Å²) < 4.78 is 6.05. The molecule has 2 N–H and O–H groups in total. The van der Waals surface area contributed by atoms with Crippen LogP contribution in [0, 0.1) is 18.3 Å². The molecule has 0 bridgehead atoms. The lowest BCUT2D eigenvalue weighted by atomic mass is 10.1. The van der Waals surface area contributed by atoms with Crippen molar-refractivity contribution in [1.82, 2.24) is 15.5 Å². The summed E-state index contributed by atoms with van der Waals surface area (Å²) in [6.45, 7) is 1.58. The molecule has 8 nitrogen and oxygen atoms in total. The molecule has 2 amide bonds. The summed E-state index contributed by atoms with van der Waals surface area (Å²) in [6, 6.07) is 12.8. The molecule has 2 aromatic heterocycles. The van der Waals surface area contributed by atoms with Crippen LogP contribution in [0.4, 0.5) is 5.13 Å². The molecule has 0 aliphatic carbocycles. The van der Waals surface area contributed by atoms with Crippen LogP contribution in [0.5, 0.6) is 0 Å². The van der Waals surface area contributed by atoms with Crippen LogP contribution in [-0.2, 0) is 4.79 Å². The van der Waals surface area contributed by atoms with E-state index in [-0.39, 0.29) is 12.2 Å². The number of nitrogens with zero attached hydrogens (tertiary/aromatic N) is 3. The molecule has 0 aliphatic rings. The Morgan fingerprint density at radius 2 is 2.11 bits per heavy atom. The van der Waals surface area contributed by atoms with Gasteiger partial charge in [-0.15, -0.1) is 0 Å². The number of carbonyl (C=O) groups excluding carboxylic acids is 2. The number of carbonyl (C=O) groups is 2. The Morgan fingerprint density at radius 1 is 1.32 bits per heavy atom. The third-order valence-corrected chi connectivity index (χ3v) is 5.78. The maximum Gasteiger partial charge on any atom is 0.273 e. The van der Waals surface area contributed by atoms with Gasteiger partial charge in [0.25, 0.3) is 5.91 Å². The van der Waals surface area contributed by atoms with Crippen molar-refractivity contribution in [3.05, 3.63) is 47.8 Å². The van der Waals surface area contributed by atoms with E-state index in [1.807, 2.05) is 43.3 Å². The SMILES string of the molecule is Cc1nc(NC(=O)CNC(=O)c2cc(-c3ccccc3)on2)sc1SCC#N. The zero-order valence-electron chi connectivity index (χ0n) is 14.8. The minimum atomic E-state index is -0.512. The third kappa shape index (κ3) is 4.97. The lowest BCUT2D eigenvalue weighted by molar-refractivity contribution is -0.115. The van der Waals surface area contributed by atoms with Gasteiger partial charge in [0.15, 0.2) is 16.6 Å². The maximum atomic E-state index is 12.2. The zero-order valence-corrected chi connectivity index (χ0v) is 16.4. The van der Waals surface area contributed by atoms with E-state index in [2.05, 4.69) is 20.8 Å². The molecule has 0 saturated carbocycles. The second kappa shape index (κ2) is 9.16. The number of rotatable bonds is 7. The van der Waals surface area contributed by atoms with Crippen molar-refractivity contribution in [2.24, 2.45) is 0 Å². The van der Waals surface area contributed by atoms with Crippen molar-refractivity contribution in [2.45, 2.75) is 11.1 Å². The minimum absolute atomic E-state index is 0.0898. The normalized spacial score (nSPS) is 10.3. The van der Waals surface area contributed by atoms with Crippen LogP contribution in [0.3, 0.4) is 0 Å². The number of thioether (sulfide) groups is 1. The first-order valence-electron chi connectivity index (χ1n) is 8.14. The minimum Gasteiger partial charge on any atom is -0.355 e. The van der Waals surface area contributed by atoms with Crippen LogP contribution < -0.4 is 10.6 Å². The summed E-state index contributed by atoms with van der Waals surface area (Å²) in [7, 11) is 0. The number of thiazole rings is 1. The summed E-state index contributed by atoms with van der Waals surface area (Å²) in [6.07, 6.45) is 0. The van der Waals surface area contributed by atoms with Crippen molar-refractivity contribution in [3.8, 4) is 17.4 Å². The number of hydrogen-bond acceptors (Lipinski definition) is 8. The lowest BCUT2D eigenvalue weighted by Gasteiger charge is -2.02. The first kappa shape index (κ1) is 19.6. The average Bonchev–Trinajstić information content (AvgIpc) is 3.32. The highest BCUT2D eigenvalue weighted by atomic mass is 32.2. The van der Waals surface area contributed by atoms with Crippen LogP contribution >= 0.6 is 23.1 Å². The summed E-state index contributed by atoms with van der Waals surface area (Å²) in [5, 5.41) is 17.9. The van der Waals surface area contributed by atoms with E-state index >= 15 is 0 Å². The number of aryl methyl sites for hydroxylation is 1. The predicted molar refractivity (Wildman–Crippen MR) is 106 cm³/mol. The number of nitriles is 1. The Labute approximate surface area is 168 Å². The van der Waals surface area contributed by atoms with Gasteiger partial charge in [-0.05, 0) is 6.92 Å². The Hall–Kier alpha value is -3.16. The smallest absolute Gasteiger partial charge is 0.273 e. The Bertz CT molecular complexity index is 1020. The maximum absolute atomic E-state index is 12.2. The summed E-state index contributed by atoms with van der Waals surface area (Å²) in [5.41, 5.74) is 1.64. The molecule has 0 radical (unpaired) electrons. The highest BCUT2D eigenvalue weighted by Crippen LogP contribution is 2.31. The summed E-state index contributed by atoms with van der Waals surface area (Å²) in [4.78, 5) is 28.5. The standard InChI is InChI=1S/C18H15N5O3S2/c1-11-17(27-8-7-19)28-18(21-11)22-15(24)10-20-16(25)13-9-14(26-23-13)12-5-3-2-4-6-12/h2-6,9H,8,10H2,1H3,(H,20,25)(H,21,22,24). The van der Waals surface area contributed by atoms with Crippen molar-refractivity contribution >= 4 is 40.0 Å². The largest absolute Gasteiger partial charge is 0.355 e. The second-order valence-electron chi connectivity index (χ2n) is 5.51. The average molecular weight is 413 g/mol. The van der Waals surface area contributed by atoms with Gasteiger partial charge in [0.2, 0.25) is 5.91 Å². The quantitative estimate of drug-likeness (QED) is 0.571. The number of hydrogen-bond donors (Lipinski definition) is 2. The second-order valence-corrected chi connectivity index (χ2v) is 7.76.